The van der Waals surface area contributed by atoms with E-state index < -0.39 is 0 Å². The quantitative estimate of drug-likeness (QED) is 0.684. The van der Waals surface area contributed by atoms with E-state index in [1.165, 1.54) is 25.7 Å². The van der Waals surface area contributed by atoms with E-state index in [1.807, 2.05) is 0 Å². The van der Waals surface area contributed by atoms with E-state index in [0.29, 0.717) is 18.6 Å². The smallest absolute Gasteiger partial charge is 0.146 e. The third kappa shape index (κ3) is 2.85. The molecule has 17 heavy (non-hydrogen) atoms. The highest BCUT2D eigenvalue weighted by atomic mass is 16.5. The van der Waals surface area contributed by atoms with Crippen molar-refractivity contribution in [2.45, 2.75) is 52.6 Å². The van der Waals surface area contributed by atoms with Gasteiger partial charge < -0.3 is 9.84 Å². The third-order valence-electron chi connectivity index (χ3n) is 5.32. The molecule has 6 atom stereocenters. The van der Waals surface area contributed by atoms with E-state index in [9.17, 15) is 0 Å². The summed E-state index contributed by atoms with van der Waals surface area (Å²) in [6, 6.07) is 0. The fraction of sp³-hybridized carbons (Fsp3) is 1.00. The van der Waals surface area contributed by atoms with Crippen LogP contribution in [0.25, 0.3) is 0 Å². The average Bonchev–Trinajstić information content (AvgIpc) is 2.52. The van der Waals surface area contributed by atoms with Gasteiger partial charge in [-0.15, -0.1) is 0 Å². The zero-order valence-corrected chi connectivity index (χ0v) is 11.6. The van der Waals surface area contributed by atoms with Crippen molar-refractivity contribution >= 4 is 0 Å². The molecule has 2 aliphatic rings. The Morgan fingerprint density at radius 1 is 1.12 bits per heavy atom. The number of hydrogen-bond acceptors (Lipinski definition) is 1. The van der Waals surface area contributed by atoms with E-state index in [0.717, 1.165) is 30.3 Å². The first-order valence-electron chi connectivity index (χ1n) is 7.39. The molecule has 0 spiro atoms. The molecule has 0 aromatic heterocycles. The number of ether oxygens (including phenoxy) is 1. The molecule has 100 valence electrons. The Hall–Kier alpha value is -0.0800. The van der Waals surface area contributed by atoms with Crippen LogP contribution in [0.3, 0.4) is 0 Å². The van der Waals surface area contributed by atoms with Crippen LogP contribution in [0.15, 0.2) is 0 Å². The molecule has 2 N–H and O–H groups in total. The molecule has 0 radical (unpaired) electrons. The van der Waals surface area contributed by atoms with Crippen molar-refractivity contribution in [1.29, 1.82) is 0 Å². The zero-order valence-electron chi connectivity index (χ0n) is 11.6. The Kier molecular flexibility index (Phi) is 4.48. The molecule has 1 aliphatic carbocycles. The summed E-state index contributed by atoms with van der Waals surface area (Å²) in [5.74, 6) is 3.73. The Labute approximate surface area is 106 Å². The summed E-state index contributed by atoms with van der Waals surface area (Å²) in [6.45, 7) is 8.43. The lowest BCUT2D eigenvalue weighted by atomic mass is 9.63. The van der Waals surface area contributed by atoms with Gasteiger partial charge in [0.2, 0.25) is 0 Å². The second kappa shape index (κ2) is 5.71. The van der Waals surface area contributed by atoms with Gasteiger partial charge in [-0.25, -0.2) is 0 Å². The molecule has 0 aromatic rings. The van der Waals surface area contributed by atoms with Gasteiger partial charge in [-0.05, 0) is 49.9 Å². The van der Waals surface area contributed by atoms with Gasteiger partial charge in [-0.1, -0.05) is 20.3 Å². The first kappa shape index (κ1) is 13.4. The fourth-order valence-electron chi connectivity index (χ4n) is 4.01. The molecule has 2 rings (SSSR count). The second-order valence-electron chi connectivity index (χ2n) is 6.45. The second-order valence-corrected chi connectivity index (χ2v) is 6.45. The Morgan fingerprint density at radius 2 is 1.88 bits per heavy atom. The zero-order chi connectivity index (χ0) is 12.4. The molecule has 0 bridgehead atoms. The standard InChI is InChI=1S/C15H28O2/c1-10-4-6-14(11(2)8-16)15-9-17-12(3)5-7-13(10)15/h10-16H,4-9H2,1-3H3/p+1/t10-,11+,12?,13+,14+,15?/m1/s1. The van der Waals surface area contributed by atoms with Crippen molar-refractivity contribution in [2.24, 2.45) is 29.6 Å². The maximum Gasteiger partial charge on any atom is 0.146 e. The van der Waals surface area contributed by atoms with E-state index in [-0.39, 0.29) is 0 Å². The molecule has 1 saturated heterocycles. The normalized spacial score (nSPS) is 44.8. The summed E-state index contributed by atoms with van der Waals surface area (Å²) in [7, 11) is 0. The largest absolute Gasteiger partial charge is 0.445 e. The van der Waals surface area contributed by atoms with Crippen molar-refractivity contribution in [3.8, 4) is 0 Å². The molecule has 0 aromatic carbocycles. The maximum atomic E-state index is 7.65. The van der Waals surface area contributed by atoms with Crippen LogP contribution in [0.4, 0.5) is 0 Å². The van der Waals surface area contributed by atoms with Crippen LogP contribution < -0.4 is 0 Å². The molecule has 1 heterocycles. The lowest BCUT2D eigenvalue weighted by Crippen LogP contribution is -2.39. The van der Waals surface area contributed by atoms with Crippen LogP contribution >= 0.6 is 0 Å². The molecule has 0 amide bonds. The third-order valence-corrected chi connectivity index (χ3v) is 5.32. The van der Waals surface area contributed by atoms with Gasteiger partial charge in [0, 0.05) is 5.92 Å². The summed E-state index contributed by atoms with van der Waals surface area (Å²) >= 11 is 0. The van der Waals surface area contributed by atoms with Crippen LogP contribution in [0.2, 0.25) is 0 Å². The van der Waals surface area contributed by atoms with Crippen LogP contribution in [-0.2, 0) is 4.74 Å². The predicted molar refractivity (Wildman–Crippen MR) is 71.2 cm³/mol. The van der Waals surface area contributed by atoms with Crippen molar-refractivity contribution in [3.63, 3.8) is 0 Å². The van der Waals surface area contributed by atoms with Gasteiger partial charge in [-0.3, -0.25) is 0 Å². The van der Waals surface area contributed by atoms with E-state index in [4.69, 9.17) is 9.84 Å². The Balaban J connectivity index is 2.11. The number of hydrogen-bond donors (Lipinski definition) is 0. The first-order chi connectivity index (χ1) is 8.13. The highest BCUT2D eigenvalue weighted by Crippen LogP contribution is 2.45. The fourth-order valence-corrected chi connectivity index (χ4v) is 4.01. The van der Waals surface area contributed by atoms with Crippen LogP contribution in [0.5, 0.6) is 0 Å². The highest BCUT2D eigenvalue weighted by Gasteiger charge is 2.41. The van der Waals surface area contributed by atoms with Crippen molar-refractivity contribution in [2.75, 3.05) is 13.2 Å². The van der Waals surface area contributed by atoms with Crippen molar-refractivity contribution in [3.05, 3.63) is 0 Å². The van der Waals surface area contributed by atoms with Gasteiger partial charge in [0.05, 0.1) is 12.7 Å². The van der Waals surface area contributed by atoms with Crippen LogP contribution in [0, 0.1) is 29.6 Å². The minimum absolute atomic E-state index is 0.444. The molecule has 2 fully saturated rings. The van der Waals surface area contributed by atoms with Crippen LogP contribution in [0.1, 0.15) is 46.5 Å². The highest BCUT2D eigenvalue weighted by molar-refractivity contribution is 4.89. The lowest BCUT2D eigenvalue weighted by Gasteiger charge is -2.42. The molecule has 1 aliphatic heterocycles. The van der Waals surface area contributed by atoms with Gasteiger partial charge in [0.25, 0.3) is 0 Å². The SMILES string of the molecule is CC1CC[C@@H]2C(CO1)[C@H]([C@@H](C)C[OH2+])CC[C@H]2C. The van der Waals surface area contributed by atoms with E-state index in [2.05, 4.69) is 20.8 Å². The summed E-state index contributed by atoms with van der Waals surface area (Å²) in [5, 5.41) is 7.65. The van der Waals surface area contributed by atoms with Gasteiger partial charge >= 0.3 is 0 Å². The molecular weight excluding hydrogens is 212 g/mol. The summed E-state index contributed by atoms with van der Waals surface area (Å²) in [6.07, 6.45) is 5.70. The minimum atomic E-state index is 0.444. The number of fused-ring (bicyclic) bond motifs is 1. The number of rotatable bonds is 2. The van der Waals surface area contributed by atoms with Crippen LogP contribution in [-0.4, -0.2) is 24.4 Å². The molecular formula is C15H29O2+. The lowest BCUT2D eigenvalue weighted by molar-refractivity contribution is -0.0162. The summed E-state index contributed by atoms with van der Waals surface area (Å²) in [4.78, 5) is 0. The maximum absolute atomic E-state index is 7.65. The van der Waals surface area contributed by atoms with Crippen molar-refractivity contribution < 1.29 is 9.84 Å². The molecule has 2 unspecified atom stereocenters. The summed E-state index contributed by atoms with van der Waals surface area (Å²) in [5.41, 5.74) is 0. The molecule has 1 saturated carbocycles. The average molecular weight is 241 g/mol. The topological polar surface area (TPSA) is 32.1 Å². The summed E-state index contributed by atoms with van der Waals surface area (Å²) < 4.78 is 5.98. The van der Waals surface area contributed by atoms with E-state index in [1.54, 1.807) is 0 Å². The first-order valence-corrected chi connectivity index (χ1v) is 7.39. The Morgan fingerprint density at radius 3 is 2.59 bits per heavy atom. The molecule has 2 nitrogen and oxygen atoms in total. The molecule has 2 heteroatoms. The van der Waals surface area contributed by atoms with Gasteiger partial charge in [0.15, 0.2) is 0 Å². The Bertz CT molecular complexity index is 235. The van der Waals surface area contributed by atoms with E-state index >= 15 is 0 Å². The van der Waals surface area contributed by atoms with Crippen molar-refractivity contribution in [1.82, 2.24) is 0 Å². The predicted octanol–water partition coefficient (Wildman–Crippen LogP) is 2.82. The van der Waals surface area contributed by atoms with Gasteiger partial charge in [0.1, 0.15) is 6.61 Å². The minimum Gasteiger partial charge on any atom is -0.445 e. The van der Waals surface area contributed by atoms with Gasteiger partial charge in [-0.2, -0.15) is 0 Å². The monoisotopic (exact) mass is 241 g/mol.